The fourth-order valence-corrected chi connectivity index (χ4v) is 1.53. The Bertz CT molecular complexity index is 405. The fraction of sp³-hybridized carbons (Fsp3) is 0.273. The molecule has 1 aromatic rings. The van der Waals surface area contributed by atoms with Gasteiger partial charge in [0, 0.05) is 11.2 Å². The molecule has 1 N–H and O–H groups in total. The van der Waals surface area contributed by atoms with E-state index >= 15 is 0 Å². The van der Waals surface area contributed by atoms with Gasteiger partial charge in [-0.1, -0.05) is 36.5 Å². The first kappa shape index (κ1) is 13.0. The van der Waals surface area contributed by atoms with Crippen LogP contribution in [0.2, 0.25) is 10.0 Å². The van der Waals surface area contributed by atoms with Crippen LogP contribution in [0.25, 0.3) is 0 Å². The quantitative estimate of drug-likeness (QED) is 0.652. The van der Waals surface area contributed by atoms with Crippen molar-refractivity contribution in [2.45, 2.75) is 19.8 Å². The summed E-state index contributed by atoms with van der Waals surface area (Å²) >= 11 is 11.6. The summed E-state index contributed by atoms with van der Waals surface area (Å²) in [4.78, 5) is 11.6. The molecule has 1 rings (SSSR count). The Labute approximate surface area is 104 Å². The van der Waals surface area contributed by atoms with Crippen LogP contribution in [0.1, 0.15) is 30.1 Å². The van der Waals surface area contributed by atoms with Crippen LogP contribution in [0.15, 0.2) is 23.3 Å². The number of hydrogen-bond acceptors (Lipinski definition) is 2. The van der Waals surface area contributed by atoms with Crippen molar-refractivity contribution in [1.29, 1.82) is 0 Å². The van der Waals surface area contributed by atoms with Gasteiger partial charge in [0.1, 0.15) is 0 Å². The predicted octanol–water partition coefficient (Wildman–Crippen LogP) is 3.51. The minimum atomic E-state index is -0.339. The second-order valence-corrected chi connectivity index (χ2v) is 4.01. The van der Waals surface area contributed by atoms with E-state index in [-0.39, 0.29) is 5.91 Å². The maximum atomic E-state index is 11.6. The molecule has 86 valence electrons. The molecule has 0 aromatic heterocycles. The van der Waals surface area contributed by atoms with Crippen molar-refractivity contribution in [1.82, 2.24) is 5.43 Å². The Kier molecular flexibility index (Phi) is 5.29. The molecule has 16 heavy (non-hydrogen) atoms. The van der Waals surface area contributed by atoms with E-state index in [9.17, 15) is 4.79 Å². The van der Waals surface area contributed by atoms with Crippen molar-refractivity contribution >= 4 is 35.3 Å². The van der Waals surface area contributed by atoms with Crippen molar-refractivity contribution in [3.8, 4) is 0 Å². The van der Waals surface area contributed by atoms with Crippen molar-refractivity contribution in [3.05, 3.63) is 33.8 Å². The van der Waals surface area contributed by atoms with Gasteiger partial charge in [0.15, 0.2) is 0 Å². The van der Waals surface area contributed by atoms with E-state index in [4.69, 9.17) is 23.2 Å². The van der Waals surface area contributed by atoms with Crippen molar-refractivity contribution in [2.75, 3.05) is 0 Å². The standard InChI is InChI=1S/C11H12Cl2N2O/c1-2-3-6-14-15-11(16)9-5-4-8(12)7-10(9)13/h4-7H,2-3H2,1H3,(H,15,16)/b14-6-. The van der Waals surface area contributed by atoms with Gasteiger partial charge in [-0.05, 0) is 24.6 Å². The van der Waals surface area contributed by atoms with Gasteiger partial charge in [-0.3, -0.25) is 4.79 Å². The van der Waals surface area contributed by atoms with Crippen LogP contribution in [0.4, 0.5) is 0 Å². The average molecular weight is 259 g/mol. The summed E-state index contributed by atoms with van der Waals surface area (Å²) in [6, 6.07) is 4.70. The number of nitrogens with one attached hydrogen (secondary N) is 1. The summed E-state index contributed by atoms with van der Waals surface area (Å²) in [5.74, 6) is -0.339. The molecule has 1 amide bonds. The minimum absolute atomic E-state index is 0.315. The maximum Gasteiger partial charge on any atom is 0.272 e. The monoisotopic (exact) mass is 258 g/mol. The van der Waals surface area contributed by atoms with Gasteiger partial charge < -0.3 is 0 Å². The molecule has 0 aliphatic heterocycles. The van der Waals surface area contributed by atoms with Crippen LogP contribution >= 0.6 is 23.2 Å². The largest absolute Gasteiger partial charge is 0.272 e. The zero-order valence-corrected chi connectivity index (χ0v) is 10.3. The number of amides is 1. The molecule has 0 spiro atoms. The Balaban J connectivity index is 2.66. The summed E-state index contributed by atoms with van der Waals surface area (Å²) < 4.78 is 0. The third-order valence-electron chi connectivity index (χ3n) is 1.85. The summed E-state index contributed by atoms with van der Waals surface area (Å²) in [7, 11) is 0. The van der Waals surface area contributed by atoms with Crippen molar-refractivity contribution in [2.24, 2.45) is 5.10 Å². The minimum Gasteiger partial charge on any atom is -0.267 e. The normalized spacial score (nSPS) is 10.7. The smallest absolute Gasteiger partial charge is 0.267 e. The van der Waals surface area contributed by atoms with E-state index in [0.717, 1.165) is 12.8 Å². The highest BCUT2D eigenvalue weighted by atomic mass is 35.5. The molecular weight excluding hydrogens is 247 g/mol. The lowest BCUT2D eigenvalue weighted by molar-refractivity contribution is 0.0955. The molecule has 0 aliphatic rings. The van der Waals surface area contributed by atoms with Crippen LogP contribution in [-0.4, -0.2) is 12.1 Å². The second-order valence-electron chi connectivity index (χ2n) is 3.17. The highest BCUT2D eigenvalue weighted by molar-refractivity contribution is 6.36. The van der Waals surface area contributed by atoms with Gasteiger partial charge in [0.05, 0.1) is 10.6 Å². The molecule has 0 atom stereocenters. The summed E-state index contributed by atoms with van der Waals surface area (Å²) in [6.45, 7) is 2.03. The van der Waals surface area contributed by atoms with E-state index in [0.29, 0.717) is 15.6 Å². The third-order valence-corrected chi connectivity index (χ3v) is 2.40. The molecule has 5 heteroatoms. The lowest BCUT2D eigenvalue weighted by atomic mass is 10.2. The SMILES string of the molecule is CCC/C=N\NC(=O)c1ccc(Cl)cc1Cl. The first-order valence-corrected chi connectivity index (χ1v) is 5.67. The summed E-state index contributed by atoms with van der Waals surface area (Å²) in [5.41, 5.74) is 2.76. The van der Waals surface area contributed by atoms with Gasteiger partial charge in [-0.2, -0.15) is 5.10 Å². The Morgan fingerprint density at radius 3 is 2.88 bits per heavy atom. The van der Waals surface area contributed by atoms with Crippen molar-refractivity contribution < 1.29 is 4.79 Å². The van der Waals surface area contributed by atoms with Crippen LogP contribution in [-0.2, 0) is 0 Å². The number of hydrazone groups is 1. The zero-order valence-electron chi connectivity index (χ0n) is 8.84. The number of benzene rings is 1. The Morgan fingerprint density at radius 1 is 1.50 bits per heavy atom. The number of halogens is 2. The molecule has 0 aliphatic carbocycles. The number of carbonyl (C=O) groups is 1. The van der Waals surface area contributed by atoms with E-state index < -0.39 is 0 Å². The molecule has 0 saturated heterocycles. The van der Waals surface area contributed by atoms with Gasteiger partial charge in [0.25, 0.3) is 5.91 Å². The third kappa shape index (κ3) is 3.83. The van der Waals surface area contributed by atoms with E-state index in [1.807, 2.05) is 6.92 Å². The number of carbonyl (C=O) groups excluding carboxylic acids is 1. The van der Waals surface area contributed by atoms with Gasteiger partial charge in [-0.15, -0.1) is 0 Å². The molecule has 0 bridgehead atoms. The zero-order chi connectivity index (χ0) is 12.0. The topological polar surface area (TPSA) is 41.5 Å². The lowest BCUT2D eigenvalue weighted by Gasteiger charge is -2.02. The molecule has 0 fully saturated rings. The number of hydrogen-bond donors (Lipinski definition) is 1. The highest BCUT2D eigenvalue weighted by Gasteiger charge is 2.09. The summed E-state index contributed by atoms with van der Waals surface area (Å²) in [5, 5.41) is 4.60. The highest BCUT2D eigenvalue weighted by Crippen LogP contribution is 2.20. The van der Waals surface area contributed by atoms with E-state index in [2.05, 4.69) is 10.5 Å². The van der Waals surface area contributed by atoms with Gasteiger partial charge >= 0.3 is 0 Å². The number of rotatable bonds is 4. The van der Waals surface area contributed by atoms with E-state index in [1.165, 1.54) is 6.07 Å². The lowest BCUT2D eigenvalue weighted by Crippen LogP contribution is -2.17. The first-order chi connectivity index (χ1) is 7.65. The number of unbranched alkanes of at least 4 members (excludes halogenated alkanes) is 1. The van der Waals surface area contributed by atoms with Gasteiger partial charge in [-0.25, -0.2) is 5.43 Å². The summed E-state index contributed by atoms with van der Waals surface area (Å²) in [6.07, 6.45) is 3.47. The fourth-order valence-electron chi connectivity index (χ4n) is 1.03. The van der Waals surface area contributed by atoms with Gasteiger partial charge in [0.2, 0.25) is 0 Å². The first-order valence-electron chi connectivity index (χ1n) is 4.92. The molecule has 0 radical (unpaired) electrons. The molecule has 0 saturated carbocycles. The Hall–Kier alpha value is -1.06. The van der Waals surface area contributed by atoms with E-state index in [1.54, 1.807) is 18.3 Å². The predicted molar refractivity (Wildman–Crippen MR) is 67.3 cm³/mol. The van der Waals surface area contributed by atoms with Crippen LogP contribution in [0, 0.1) is 0 Å². The molecule has 3 nitrogen and oxygen atoms in total. The van der Waals surface area contributed by atoms with Crippen molar-refractivity contribution in [3.63, 3.8) is 0 Å². The molecule has 0 unspecified atom stereocenters. The second kappa shape index (κ2) is 6.51. The maximum absolute atomic E-state index is 11.6. The average Bonchev–Trinajstić information content (AvgIpc) is 2.24. The molecule has 1 aromatic carbocycles. The molecular formula is C11H12Cl2N2O. The van der Waals surface area contributed by atoms with Crippen LogP contribution in [0.5, 0.6) is 0 Å². The number of nitrogens with zero attached hydrogens (tertiary/aromatic N) is 1. The van der Waals surface area contributed by atoms with Crippen LogP contribution < -0.4 is 5.43 Å². The van der Waals surface area contributed by atoms with Crippen LogP contribution in [0.3, 0.4) is 0 Å². The Morgan fingerprint density at radius 2 is 2.25 bits per heavy atom. The molecule has 0 heterocycles.